The summed E-state index contributed by atoms with van der Waals surface area (Å²) >= 11 is 1.53. The van der Waals surface area contributed by atoms with Gasteiger partial charge in [0, 0.05) is 36.2 Å². The summed E-state index contributed by atoms with van der Waals surface area (Å²) in [6, 6.07) is 8.94. The van der Waals surface area contributed by atoms with Crippen molar-refractivity contribution >= 4 is 33.9 Å². The van der Waals surface area contributed by atoms with Crippen molar-refractivity contribution in [1.29, 1.82) is 0 Å². The number of thiophene rings is 1. The molecule has 31 heavy (non-hydrogen) atoms. The van der Waals surface area contributed by atoms with Gasteiger partial charge in [-0.1, -0.05) is 17.7 Å². The zero-order chi connectivity index (χ0) is 22.0. The van der Waals surface area contributed by atoms with Gasteiger partial charge in [0.05, 0.1) is 18.7 Å². The molecule has 0 radical (unpaired) electrons. The SMILES string of the molecule is CCOC(=O)c1c(NC(=O)CN2CCN(c3ccc(C)cc3)C(C)C2)sc2c1CCC2. The molecule has 1 fully saturated rings. The predicted octanol–water partition coefficient (Wildman–Crippen LogP) is 3.87. The number of esters is 1. The Labute approximate surface area is 188 Å². The lowest BCUT2D eigenvalue weighted by molar-refractivity contribution is -0.117. The molecule has 1 aliphatic heterocycles. The molecule has 1 aromatic heterocycles. The minimum atomic E-state index is -0.322. The van der Waals surface area contributed by atoms with Crippen LogP contribution < -0.4 is 10.2 Å². The summed E-state index contributed by atoms with van der Waals surface area (Å²) in [6.45, 7) is 9.31. The second kappa shape index (κ2) is 9.40. The van der Waals surface area contributed by atoms with E-state index < -0.39 is 0 Å². The number of carbonyl (C=O) groups excluding carboxylic acids is 2. The van der Waals surface area contributed by atoms with E-state index in [1.807, 2.05) is 0 Å². The minimum absolute atomic E-state index is 0.0681. The highest BCUT2D eigenvalue weighted by Gasteiger charge is 2.29. The van der Waals surface area contributed by atoms with E-state index in [9.17, 15) is 9.59 Å². The van der Waals surface area contributed by atoms with Crippen molar-refractivity contribution in [2.75, 3.05) is 43.0 Å². The molecule has 2 heterocycles. The quantitative estimate of drug-likeness (QED) is 0.690. The fourth-order valence-corrected chi connectivity index (χ4v) is 5.87. The highest BCUT2D eigenvalue weighted by atomic mass is 32.1. The van der Waals surface area contributed by atoms with E-state index in [0.29, 0.717) is 29.8 Å². The topological polar surface area (TPSA) is 61.9 Å². The Morgan fingerprint density at radius 1 is 1.19 bits per heavy atom. The minimum Gasteiger partial charge on any atom is -0.462 e. The lowest BCUT2D eigenvalue weighted by atomic mass is 10.1. The molecule has 1 aromatic carbocycles. The number of fused-ring (bicyclic) bond motifs is 1. The van der Waals surface area contributed by atoms with Crippen LogP contribution in [0.4, 0.5) is 10.7 Å². The molecular formula is C24H31N3O3S. The van der Waals surface area contributed by atoms with Gasteiger partial charge in [0.15, 0.2) is 0 Å². The van der Waals surface area contributed by atoms with Crippen molar-refractivity contribution in [2.45, 2.75) is 46.1 Å². The molecule has 6 nitrogen and oxygen atoms in total. The van der Waals surface area contributed by atoms with Gasteiger partial charge in [-0.15, -0.1) is 11.3 Å². The Bertz CT molecular complexity index is 954. The van der Waals surface area contributed by atoms with Gasteiger partial charge in [-0.3, -0.25) is 9.69 Å². The van der Waals surface area contributed by atoms with Crippen molar-refractivity contribution in [3.63, 3.8) is 0 Å². The van der Waals surface area contributed by atoms with E-state index in [1.54, 1.807) is 6.92 Å². The fraction of sp³-hybridized carbons (Fsp3) is 0.500. The summed E-state index contributed by atoms with van der Waals surface area (Å²) in [5.74, 6) is -0.390. The van der Waals surface area contributed by atoms with E-state index in [1.165, 1.54) is 27.5 Å². The smallest absolute Gasteiger partial charge is 0.341 e. The molecule has 4 rings (SSSR count). The number of ether oxygens (including phenoxy) is 1. The number of aryl methyl sites for hydroxylation is 2. The molecule has 1 atom stereocenters. The van der Waals surface area contributed by atoms with Crippen LogP contribution in [-0.2, 0) is 22.4 Å². The third-order valence-corrected chi connectivity index (χ3v) is 7.31. The molecule has 2 aliphatic rings. The number of benzene rings is 1. The second-order valence-electron chi connectivity index (χ2n) is 8.44. The first-order valence-electron chi connectivity index (χ1n) is 11.1. The summed E-state index contributed by atoms with van der Waals surface area (Å²) < 4.78 is 5.26. The molecule has 2 aromatic rings. The largest absolute Gasteiger partial charge is 0.462 e. The average molecular weight is 442 g/mol. The lowest BCUT2D eigenvalue weighted by Gasteiger charge is -2.41. The molecule has 1 saturated heterocycles. The maximum atomic E-state index is 12.8. The van der Waals surface area contributed by atoms with Crippen molar-refractivity contribution in [3.05, 3.63) is 45.8 Å². The first-order chi connectivity index (χ1) is 15.0. The summed E-state index contributed by atoms with van der Waals surface area (Å²) in [7, 11) is 0. The number of hydrogen-bond donors (Lipinski definition) is 1. The Hall–Kier alpha value is -2.38. The van der Waals surface area contributed by atoms with Gasteiger partial charge in [0.1, 0.15) is 5.00 Å². The van der Waals surface area contributed by atoms with E-state index in [0.717, 1.165) is 44.5 Å². The number of anilines is 2. The Kier molecular flexibility index (Phi) is 6.62. The van der Waals surface area contributed by atoms with Crippen molar-refractivity contribution in [3.8, 4) is 0 Å². The summed E-state index contributed by atoms with van der Waals surface area (Å²) in [5.41, 5.74) is 4.13. The van der Waals surface area contributed by atoms with Crippen LogP contribution in [0.25, 0.3) is 0 Å². The van der Waals surface area contributed by atoms with Crippen molar-refractivity contribution in [1.82, 2.24) is 4.90 Å². The molecule has 1 N–H and O–H groups in total. The molecule has 0 bridgehead atoms. The maximum absolute atomic E-state index is 12.8. The Balaban J connectivity index is 1.38. The van der Waals surface area contributed by atoms with E-state index >= 15 is 0 Å². The van der Waals surface area contributed by atoms with Gasteiger partial charge in [0.25, 0.3) is 0 Å². The highest BCUT2D eigenvalue weighted by molar-refractivity contribution is 7.17. The molecule has 1 aliphatic carbocycles. The average Bonchev–Trinajstić information content (AvgIpc) is 3.30. The number of piperazine rings is 1. The van der Waals surface area contributed by atoms with Crippen LogP contribution >= 0.6 is 11.3 Å². The summed E-state index contributed by atoms with van der Waals surface area (Å²) in [6.07, 6.45) is 2.92. The number of hydrogen-bond acceptors (Lipinski definition) is 6. The number of carbonyl (C=O) groups is 2. The second-order valence-corrected chi connectivity index (χ2v) is 9.55. The van der Waals surface area contributed by atoms with Crippen LogP contribution in [0.15, 0.2) is 24.3 Å². The van der Waals surface area contributed by atoms with E-state index in [4.69, 9.17) is 4.74 Å². The summed E-state index contributed by atoms with van der Waals surface area (Å²) in [4.78, 5) is 31.1. The van der Waals surface area contributed by atoms with Gasteiger partial charge >= 0.3 is 5.97 Å². The standard InChI is InChI=1S/C24H31N3O3S/c1-4-30-24(29)22-19-6-5-7-20(19)31-23(22)25-21(28)15-26-12-13-27(17(3)14-26)18-10-8-16(2)9-11-18/h8-11,17H,4-7,12-15H2,1-3H3,(H,25,28). The third-order valence-electron chi connectivity index (χ3n) is 6.10. The molecule has 7 heteroatoms. The van der Waals surface area contributed by atoms with Crippen LogP contribution in [0.3, 0.4) is 0 Å². The van der Waals surface area contributed by atoms with Crippen LogP contribution in [0.2, 0.25) is 0 Å². The molecule has 1 unspecified atom stereocenters. The number of amides is 1. The van der Waals surface area contributed by atoms with Gasteiger partial charge in [-0.25, -0.2) is 4.79 Å². The van der Waals surface area contributed by atoms with Crippen molar-refractivity contribution < 1.29 is 14.3 Å². The van der Waals surface area contributed by atoms with Crippen LogP contribution in [0, 0.1) is 6.92 Å². The maximum Gasteiger partial charge on any atom is 0.341 e. The molecular weight excluding hydrogens is 410 g/mol. The number of nitrogens with zero attached hydrogens (tertiary/aromatic N) is 2. The first-order valence-corrected chi connectivity index (χ1v) is 11.9. The van der Waals surface area contributed by atoms with Crippen molar-refractivity contribution in [2.24, 2.45) is 0 Å². The highest BCUT2D eigenvalue weighted by Crippen LogP contribution is 2.39. The molecule has 166 valence electrons. The zero-order valence-electron chi connectivity index (χ0n) is 18.6. The fourth-order valence-electron chi connectivity index (χ4n) is 4.58. The van der Waals surface area contributed by atoms with Gasteiger partial charge in [-0.05, 0) is 57.7 Å². The predicted molar refractivity (Wildman–Crippen MR) is 125 cm³/mol. The summed E-state index contributed by atoms with van der Waals surface area (Å²) in [5, 5.41) is 3.67. The van der Waals surface area contributed by atoms with Gasteiger partial charge in [-0.2, -0.15) is 0 Å². The van der Waals surface area contributed by atoms with E-state index in [2.05, 4.69) is 53.2 Å². The molecule has 1 amide bonds. The Morgan fingerprint density at radius 3 is 2.68 bits per heavy atom. The van der Waals surface area contributed by atoms with Gasteiger partial charge in [0.2, 0.25) is 5.91 Å². The Morgan fingerprint density at radius 2 is 1.97 bits per heavy atom. The number of nitrogens with one attached hydrogen (secondary N) is 1. The van der Waals surface area contributed by atoms with Gasteiger partial charge < -0.3 is 15.0 Å². The zero-order valence-corrected chi connectivity index (χ0v) is 19.4. The number of rotatable bonds is 6. The monoisotopic (exact) mass is 441 g/mol. The first kappa shape index (κ1) is 21.8. The lowest BCUT2D eigenvalue weighted by Crippen LogP contribution is -2.53. The third kappa shape index (κ3) is 4.77. The van der Waals surface area contributed by atoms with E-state index in [-0.39, 0.29) is 11.9 Å². The van der Waals surface area contributed by atoms with Crippen LogP contribution in [0.5, 0.6) is 0 Å². The van der Waals surface area contributed by atoms with Crippen LogP contribution in [-0.4, -0.2) is 55.6 Å². The normalized spacial score (nSPS) is 18.7. The molecule has 0 spiro atoms. The van der Waals surface area contributed by atoms with Crippen LogP contribution in [0.1, 0.15) is 46.6 Å². The molecule has 0 saturated carbocycles.